The first-order chi connectivity index (χ1) is 13.7. The Morgan fingerprint density at radius 1 is 1.21 bits per heavy atom. The van der Waals surface area contributed by atoms with E-state index in [0.29, 0.717) is 23.6 Å². The number of carbonyl (C=O) groups excluding carboxylic acids is 1. The zero-order valence-electron chi connectivity index (χ0n) is 16.9. The molecule has 2 N–H and O–H groups in total. The molecule has 1 amide bonds. The number of aryl methyl sites for hydroxylation is 2. The Morgan fingerprint density at radius 3 is 2.68 bits per heavy atom. The van der Waals surface area contributed by atoms with Gasteiger partial charge in [-0.1, -0.05) is 43.7 Å². The monoisotopic (exact) mass is 381 g/mol. The lowest BCUT2D eigenvalue weighted by molar-refractivity contribution is 0.0659. The molecule has 2 fully saturated rings. The number of aromatic nitrogens is 2. The number of likely N-dealkylation sites (tertiary alicyclic amines) is 1. The maximum absolute atomic E-state index is 13.0. The molecule has 4 rings (SSSR count). The zero-order valence-corrected chi connectivity index (χ0v) is 16.9. The van der Waals surface area contributed by atoms with Crippen molar-refractivity contribution >= 4 is 5.91 Å². The van der Waals surface area contributed by atoms with Gasteiger partial charge >= 0.3 is 0 Å². The SMILES string of the molecule is CCCc1cc(C(=O)N2CCC(C3NNCC3c3ccccc3)CC2)n(C)n1. The average molecular weight is 382 g/mol. The Balaban J connectivity index is 1.38. The number of nitrogens with one attached hydrogen (secondary N) is 2. The van der Waals surface area contributed by atoms with Crippen molar-refractivity contribution in [2.45, 2.75) is 44.6 Å². The van der Waals surface area contributed by atoms with E-state index in [1.165, 1.54) is 5.56 Å². The van der Waals surface area contributed by atoms with E-state index in [2.05, 4.69) is 53.2 Å². The lowest BCUT2D eigenvalue weighted by Gasteiger charge is -2.36. The summed E-state index contributed by atoms with van der Waals surface area (Å²) in [6.07, 6.45) is 4.04. The largest absolute Gasteiger partial charge is 0.337 e. The van der Waals surface area contributed by atoms with Crippen LogP contribution in [0, 0.1) is 5.92 Å². The first-order valence-corrected chi connectivity index (χ1v) is 10.5. The van der Waals surface area contributed by atoms with E-state index in [1.807, 2.05) is 18.0 Å². The van der Waals surface area contributed by atoms with Crippen molar-refractivity contribution in [3.8, 4) is 0 Å². The van der Waals surface area contributed by atoms with Gasteiger partial charge in [0.2, 0.25) is 0 Å². The molecular weight excluding hydrogens is 350 g/mol. The van der Waals surface area contributed by atoms with Gasteiger partial charge in [0, 0.05) is 38.6 Å². The fraction of sp³-hybridized carbons (Fsp3) is 0.545. The Hall–Kier alpha value is -2.18. The van der Waals surface area contributed by atoms with Crippen LogP contribution in [0.15, 0.2) is 36.4 Å². The fourth-order valence-electron chi connectivity index (χ4n) is 4.71. The van der Waals surface area contributed by atoms with Crippen molar-refractivity contribution in [2.24, 2.45) is 13.0 Å². The number of hydrogen-bond acceptors (Lipinski definition) is 4. The minimum absolute atomic E-state index is 0.118. The van der Waals surface area contributed by atoms with Crippen LogP contribution in [0.2, 0.25) is 0 Å². The molecule has 2 aromatic rings. The predicted molar refractivity (Wildman–Crippen MR) is 110 cm³/mol. The number of hydrazine groups is 1. The topological polar surface area (TPSA) is 62.2 Å². The molecule has 0 aliphatic carbocycles. The minimum atomic E-state index is 0.118. The molecule has 0 spiro atoms. The summed E-state index contributed by atoms with van der Waals surface area (Å²) in [7, 11) is 1.87. The fourth-order valence-corrected chi connectivity index (χ4v) is 4.71. The molecule has 0 bridgehead atoms. The molecule has 28 heavy (non-hydrogen) atoms. The van der Waals surface area contributed by atoms with Crippen molar-refractivity contribution in [2.75, 3.05) is 19.6 Å². The summed E-state index contributed by atoms with van der Waals surface area (Å²) in [6.45, 7) is 4.73. The van der Waals surface area contributed by atoms with Gasteiger partial charge < -0.3 is 4.90 Å². The van der Waals surface area contributed by atoms with Gasteiger partial charge in [-0.15, -0.1) is 0 Å². The van der Waals surface area contributed by atoms with Gasteiger partial charge in [0.05, 0.1) is 5.69 Å². The number of piperidine rings is 1. The van der Waals surface area contributed by atoms with Crippen LogP contribution in [-0.2, 0) is 13.5 Å². The van der Waals surface area contributed by atoms with Crippen LogP contribution in [0.4, 0.5) is 0 Å². The summed E-state index contributed by atoms with van der Waals surface area (Å²) >= 11 is 0. The van der Waals surface area contributed by atoms with Gasteiger partial charge in [0.25, 0.3) is 5.91 Å². The summed E-state index contributed by atoms with van der Waals surface area (Å²) in [4.78, 5) is 15.0. The second-order valence-electron chi connectivity index (χ2n) is 8.09. The minimum Gasteiger partial charge on any atom is -0.337 e. The highest BCUT2D eigenvalue weighted by Gasteiger charge is 2.37. The van der Waals surface area contributed by atoms with Crippen LogP contribution in [0.3, 0.4) is 0 Å². The molecule has 3 heterocycles. The van der Waals surface area contributed by atoms with Gasteiger partial charge in [0.15, 0.2) is 0 Å². The summed E-state index contributed by atoms with van der Waals surface area (Å²) in [5.41, 5.74) is 9.98. The smallest absolute Gasteiger partial charge is 0.272 e. The molecular formula is C22H31N5O. The molecule has 2 aliphatic rings. The molecule has 0 radical (unpaired) electrons. The Morgan fingerprint density at radius 2 is 1.96 bits per heavy atom. The molecule has 2 aliphatic heterocycles. The van der Waals surface area contributed by atoms with E-state index in [1.54, 1.807) is 4.68 Å². The van der Waals surface area contributed by atoms with Gasteiger partial charge in [-0.3, -0.25) is 20.3 Å². The lowest BCUT2D eigenvalue weighted by atomic mass is 9.80. The Labute approximate surface area is 167 Å². The Kier molecular flexibility index (Phi) is 5.78. The number of rotatable bonds is 5. The molecule has 6 heteroatoms. The molecule has 6 nitrogen and oxygen atoms in total. The van der Waals surface area contributed by atoms with Crippen molar-refractivity contribution in [1.82, 2.24) is 25.5 Å². The second kappa shape index (κ2) is 8.45. The molecule has 150 valence electrons. The number of nitrogens with zero attached hydrogens (tertiary/aromatic N) is 3. The van der Waals surface area contributed by atoms with Crippen LogP contribution in [0.5, 0.6) is 0 Å². The maximum atomic E-state index is 13.0. The van der Waals surface area contributed by atoms with Gasteiger partial charge in [-0.2, -0.15) is 5.10 Å². The molecule has 2 unspecified atom stereocenters. The third kappa shape index (κ3) is 3.84. The number of carbonyl (C=O) groups is 1. The normalized spacial score (nSPS) is 23.3. The highest BCUT2D eigenvalue weighted by Crippen LogP contribution is 2.32. The van der Waals surface area contributed by atoms with Crippen LogP contribution in [0.1, 0.15) is 53.8 Å². The van der Waals surface area contributed by atoms with Crippen molar-refractivity contribution in [3.05, 3.63) is 53.3 Å². The van der Waals surface area contributed by atoms with Crippen molar-refractivity contribution < 1.29 is 4.79 Å². The van der Waals surface area contributed by atoms with Gasteiger partial charge in [-0.25, -0.2) is 0 Å². The van der Waals surface area contributed by atoms with Crippen LogP contribution in [-0.4, -0.2) is 46.3 Å². The predicted octanol–water partition coefficient (Wildman–Crippen LogP) is 2.49. The first kappa shape index (κ1) is 19.2. The van der Waals surface area contributed by atoms with Gasteiger partial charge in [0.1, 0.15) is 5.69 Å². The number of amides is 1. The third-order valence-electron chi connectivity index (χ3n) is 6.24. The van der Waals surface area contributed by atoms with E-state index in [4.69, 9.17) is 0 Å². The maximum Gasteiger partial charge on any atom is 0.272 e. The second-order valence-corrected chi connectivity index (χ2v) is 8.09. The average Bonchev–Trinajstić information content (AvgIpc) is 3.35. The van der Waals surface area contributed by atoms with Crippen molar-refractivity contribution in [3.63, 3.8) is 0 Å². The standard InChI is InChI=1S/C22H31N5O/c1-3-7-18-14-20(26(2)25-18)22(28)27-12-10-17(11-13-27)21-19(15-23-24-21)16-8-5-4-6-9-16/h4-6,8-9,14,17,19,21,23-24H,3,7,10-13,15H2,1-2H3. The quantitative estimate of drug-likeness (QED) is 0.835. The van der Waals surface area contributed by atoms with E-state index < -0.39 is 0 Å². The summed E-state index contributed by atoms with van der Waals surface area (Å²) < 4.78 is 1.74. The lowest BCUT2D eigenvalue weighted by Crippen LogP contribution is -2.46. The van der Waals surface area contributed by atoms with Crippen molar-refractivity contribution in [1.29, 1.82) is 0 Å². The van der Waals surface area contributed by atoms with E-state index in [0.717, 1.165) is 51.0 Å². The zero-order chi connectivity index (χ0) is 19.5. The highest BCUT2D eigenvalue weighted by atomic mass is 16.2. The van der Waals surface area contributed by atoms with Gasteiger partial charge in [-0.05, 0) is 36.8 Å². The molecule has 1 aromatic carbocycles. The molecule has 0 saturated carbocycles. The Bertz CT molecular complexity index is 795. The van der Waals surface area contributed by atoms with E-state index in [9.17, 15) is 4.79 Å². The van der Waals surface area contributed by atoms with Crippen LogP contribution in [0.25, 0.3) is 0 Å². The van der Waals surface area contributed by atoms with E-state index >= 15 is 0 Å². The number of benzene rings is 1. The molecule has 2 saturated heterocycles. The first-order valence-electron chi connectivity index (χ1n) is 10.5. The van der Waals surface area contributed by atoms with Crippen LogP contribution >= 0.6 is 0 Å². The summed E-state index contributed by atoms with van der Waals surface area (Å²) in [5.74, 6) is 1.18. The summed E-state index contributed by atoms with van der Waals surface area (Å²) in [5, 5.41) is 4.49. The van der Waals surface area contributed by atoms with E-state index in [-0.39, 0.29) is 5.91 Å². The number of hydrogen-bond donors (Lipinski definition) is 2. The third-order valence-corrected chi connectivity index (χ3v) is 6.24. The summed E-state index contributed by atoms with van der Waals surface area (Å²) in [6, 6.07) is 13.1. The van der Waals surface area contributed by atoms with Crippen LogP contribution < -0.4 is 10.9 Å². The molecule has 1 aromatic heterocycles. The molecule has 2 atom stereocenters. The highest BCUT2D eigenvalue weighted by molar-refractivity contribution is 5.92.